The summed E-state index contributed by atoms with van der Waals surface area (Å²) < 4.78 is 13.0. The molecule has 0 atom stereocenters. The van der Waals surface area contributed by atoms with E-state index in [9.17, 15) is 19.2 Å². The number of hydrogen-bond acceptors (Lipinski definition) is 18. The minimum atomic E-state index is -0.604. The molecule has 1 amide bonds. The first-order valence-corrected chi connectivity index (χ1v) is 23.3. The molecule has 0 fully saturated rings. The zero-order valence-corrected chi connectivity index (χ0v) is 40.5. The number of hydrogen-bond donors (Lipinski definition) is 5. The smallest absolute Gasteiger partial charge is 0.374 e. The largest absolute Gasteiger partial charge is 0.460 e. The van der Waals surface area contributed by atoms with Gasteiger partial charge in [-0.25, -0.2) is 29.7 Å². The average molecular weight is 1030 g/mol. The molecule has 0 aliphatic heterocycles. The molecule has 0 unspecified atom stereocenters. The van der Waals surface area contributed by atoms with Gasteiger partial charge in [-0.15, -0.1) is 34.0 Å². The van der Waals surface area contributed by atoms with Crippen LogP contribution in [0.2, 0.25) is 0 Å². The maximum Gasteiger partial charge on any atom is 0.374 e. The summed E-state index contributed by atoms with van der Waals surface area (Å²) in [6.45, 7) is 2.06. The lowest BCUT2D eigenvalue weighted by atomic mass is 10.1. The highest BCUT2D eigenvalue weighted by Crippen LogP contribution is 2.34. The Morgan fingerprint density at radius 3 is 1.50 bits per heavy atom. The fourth-order valence-electron chi connectivity index (χ4n) is 6.83. The summed E-state index contributed by atoms with van der Waals surface area (Å²) in [6.07, 6.45) is 5.31. The van der Waals surface area contributed by atoms with Crippen LogP contribution in [-0.4, -0.2) is 106 Å². The van der Waals surface area contributed by atoms with E-state index < -0.39 is 23.4 Å². The number of imidazole rings is 2. The van der Waals surface area contributed by atoms with Gasteiger partial charge in [0, 0.05) is 63.5 Å². The number of nitrogens with one attached hydrogen (secondary N) is 2. The van der Waals surface area contributed by atoms with Crippen molar-refractivity contribution in [3.8, 4) is 45.3 Å². The Hall–Kier alpha value is -8.42. The van der Waals surface area contributed by atoms with Crippen LogP contribution in [0, 0.1) is 0 Å². The van der Waals surface area contributed by atoms with Gasteiger partial charge in [-0.3, -0.25) is 28.4 Å². The summed E-state index contributed by atoms with van der Waals surface area (Å²) in [5.74, 6) is -1.94. The summed E-state index contributed by atoms with van der Waals surface area (Å²) in [6, 6.07) is 22.1. The lowest BCUT2D eigenvalue weighted by Gasteiger charge is -2.00. The number of amides is 1. The Morgan fingerprint density at radius 2 is 1.06 bits per heavy atom. The van der Waals surface area contributed by atoms with Gasteiger partial charge in [0.25, 0.3) is 11.7 Å². The molecule has 0 spiro atoms. The predicted molar refractivity (Wildman–Crippen MR) is 281 cm³/mol. The Kier molecular flexibility index (Phi) is 18.1. The number of thiazole rings is 3. The van der Waals surface area contributed by atoms with Crippen LogP contribution < -0.4 is 11.9 Å². The molecule has 0 saturated carbocycles. The van der Waals surface area contributed by atoms with Gasteiger partial charge in [-0.2, -0.15) is 15.3 Å². The number of ketones is 2. The number of carbonyl (C=O) groups is 4. The number of aryl methyl sites for hydroxylation is 3. The molecule has 372 valence electrons. The molecule has 8 heterocycles. The van der Waals surface area contributed by atoms with E-state index in [4.69, 9.17) is 15.6 Å². The highest BCUT2D eigenvalue weighted by Gasteiger charge is 2.23. The number of aromatic amines is 2. The Bertz CT molecular complexity index is 3630. The molecule has 21 nitrogen and oxygen atoms in total. The zero-order chi connectivity index (χ0) is 48.8. The van der Waals surface area contributed by atoms with Crippen molar-refractivity contribution in [1.82, 2.24) is 70.4 Å². The van der Waals surface area contributed by atoms with Crippen LogP contribution in [-0.2, 0) is 25.9 Å². The number of rotatable bonds is 10. The van der Waals surface area contributed by atoms with Crippen molar-refractivity contribution in [2.45, 2.75) is 21.8 Å². The van der Waals surface area contributed by atoms with Crippen LogP contribution >= 0.6 is 34.0 Å². The van der Waals surface area contributed by atoms with Crippen LogP contribution in [0.15, 0.2) is 108 Å². The molecular weight excluding hydrogens is 979 g/mol. The number of H-pyrrole nitrogens is 2. The molecule has 0 radical (unpaired) electrons. The van der Waals surface area contributed by atoms with Crippen molar-refractivity contribution in [2.75, 3.05) is 13.7 Å². The van der Waals surface area contributed by atoms with E-state index in [1.54, 1.807) is 81.4 Å². The number of aliphatic hydroxyl groups is 1. The van der Waals surface area contributed by atoms with Gasteiger partial charge in [0.15, 0.2) is 5.82 Å². The van der Waals surface area contributed by atoms with E-state index in [1.807, 2.05) is 80.5 Å². The van der Waals surface area contributed by atoms with Gasteiger partial charge in [-0.1, -0.05) is 27.0 Å². The first-order valence-electron chi connectivity index (χ1n) is 20.6. The summed E-state index contributed by atoms with van der Waals surface area (Å²) in [5, 5.41) is 19.7. The van der Waals surface area contributed by atoms with E-state index in [0.29, 0.717) is 46.3 Å². The lowest BCUT2D eigenvalue weighted by molar-refractivity contribution is 0.0513. The molecule has 0 aliphatic rings. The molecule has 3 aromatic carbocycles. The normalized spacial score (nSPS) is 10.4. The van der Waals surface area contributed by atoms with Gasteiger partial charge in [0.2, 0.25) is 11.6 Å². The number of aromatic nitrogens is 13. The Labute approximate surface area is 424 Å². The molecule has 0 bridgehead atoms. The number of aliphatic hydroxyl groups excluding tert-OH is 1. The fraction of sp³-hybridized carbons (Fsp3) is 0.167. The number of carbonyl (C=O) groups excluding carboxylic acids is 4. The minimum absolute atomic E-state index is 0. The third kappa shape index (κ3) is 11.8. The maximum atomic E-state index is 12.1. The van der Waals surface area contributed by atoms with E-state index in [2.05, 4.69) is 50.2 Å². The number of benzene rings is 3. The fourth-order valence-corrected chi connectivity index (χ4v) is 8.98. The summed E-state index contributed by atoms with van der Waals surface area (Å²) in [7, 11) is 6.37. The van der Waals surface area contributed by atoms with Crippen LogP contribution in [0.1, 0.15) is 63.9 Å². The molecule has 8 aromatic heterocycles. The van der Waals surface area contributed by atoms with Gasteiger partial charge >= 0.3 is 5.97 Å². The monoisotopic (exact) mass is 1030 g/mol. The van der Waals surface area contributed by atoms with E-state index >= 15 is 0 Å². The predicted octanol–water partition coefficient (Wildman–Crippen LogP) is 8.59. The Balaban J connectivity index is 0.000000195. The molecule has 24 heteroatoms. The van der Waals surface area contributed by atoms with E-state index in [0.717, 1.165) is 48.9 Å². The summed E-state index contributed by atoms with van der Waals surface area (Å²) in [5.41, 5.74) is 19.8. The summed E-state index contributed by atoms with van der Waals surface area (Å²) >= 11 is 4.55. The number of primary amides is 1. The topological polar surface area (TPSA) is 308 Å². The molecule has 11 aromatic rings. The van der Waals surface area contributed by atoms with Crippen LogP contribution in [0.4, 0.5) is 0 Å². The standard InChI is InChI=1S/C17H15N5O2S.C15H12N6OS.C13H9N3O2S.CH4O.2CH4.H3N/c1-3-24-17(23)16-19-14(15(20-16)12-6-7-22(2)21-12)10-4-5-11-13(8-10)25-9-18-11;1-21-5-4-10(20-21)13-12(18-15(19-13)14(16)22)8-2-3-9-11(6-8)23-7-17-9;1-16-5-4-10(15-16)13(18)12(17)8-2-3-9-11(6-8)19-7-14-9;1-2;;;/h4-9H,3H2,1-2H3,(H,19,20);2-7H,1H3,(H2,16,22)(H,18,19);2-7H,1H3;2H,1H3;2*1H4;1H3. The number of nitrogens with zero attached hydrogens (tertiary/aromatic N) is 11. The first-order chi connectivity index (χ1) is 33.4. The highest BCUT2D eigenvalue weighted by atomic mass is 32.1. The summed E-state index contributed by atoms with van der Waals surface area (Å²) in [4.78, 5) is 75.3. The zero-order valence-electron chi connectivity index (χ0n) is 38.0. The van der Waals surface area contributed by atoms with Crippen molar-refractivity contribution >= 4 is 88.1 Å². The maximum absolute atomic E-state index is 12.1. The molecule has 0 saturated heterocycles. The van der Waals surface area contributed by atoms with Crippen molar-refractivity contribution in [1.29, 1.82) is 0 Å². The van der Waals surface area contributed by atoms with Gasteiger partial charge in [-0.05, 0) is 67.6 Å². The van der Waals surface area contributed by atoms with Gasteiger partial charge < -0.3 is 31.7 Å². The molecular formula is C48H51N15O6S3. The van der Waals surface area contributed by atoms with Crippen molar-refractivity contribution in [3.63, 3.8) is 0 Å². The number of esters is 1. The SMILES string of the molecule is C.C.CCOC(=O)c1nc(-c2ccc3ncsc3c2)c(-c2ccn(C)n2)[nH]1.CO.Cn1ccc(-c2[nH]c(C(N)=O)nc2-c2ccc3ncsc3c2)n1.Cn1ccc(C(=O)C(=O)c2ccc3ncsc3c2)n1.N. The van der Waals surface area contributed by atoms with Gasteiger partial charge in [0.05, 0.1) is 76.6 Å². The molecule has 72 heavy (non-hydrogen) atoms. The molecule has 0 aliphatic carbocycles. The van der Waals surface area contributed by atoms with Gasteiger partial charge in [0.1, 0.15) is 17.1 Å². The quantitative estimate of drug-likeness (QED) is 0.0486. The van der Waals surface area contributed by atoms with Crippen molar-refractivity contribution in [3.05, 3.63) is 131 Å². The first kappa shape index (κ1) is 54.5. The van der Waals surface area contributed by atoms with Crippen LogP contribution in [0.3, 0.4) is 0 Å². The van der Waals surface area contributed by atoms with Crippen LogP contribution in [0.25, 0.3) is 75.9 Å². The molecule has 8 N–H and O–H groups in total. The second-order valence-electron chi connectivity index (χ2n) is 14.6. The number of nitrogens with two attached hydrogens (primary N) is 1. The molecule has 11 rings (SSSR count). The minimum Gasteiger partial charge on any atom is -0.460 e. The van der Waals surface area contributed by atoms with Crippen molar-refractivity contribution < 1.29 is 29.0 Å². The second-order valence-corrected chi connectivity index (χ2v) is 17.2. The van der Waals surface area contributed by atoms with Crippen molar-refractivity contribution in [2.24, 2.45) is 26.9 Å². The third-order valence-electron chi connectivity index (χ3n) is 10.0. The number of ether oxygens (including phenoxy) is 1. The van der Waals surface area contributed by atoms with Crippen LogP contribution in [0.5, 0.6) is 0 Å². The average Bonchev–Trinajstić information content (AvgIpc) is 4.21. The number of fused-ring (bicyclic) bond motifs is 3. The highest BCUT2D eigenvalue weighted by molar-refractivity contribution is 7.17. The van der Waals surface area contributed by atoms with E-state index in [1.165, 1.54) is 22.1 Å². The second kappa shape index (κ2) is 23.9. The third-order valence-corrected chi connectivity index (χ3v) is 12.4. The lowest BCUT2D eigenvalue weighted by Crippen LogP contribution is -2.15. The Morgan fingerprint density at radius 1 is 0.611 bits per heavy atom. The van der Waals surface area contributed by atoms with E-state index in [-0.39, 0.29) is 38.3 Å². The number of Topliss-reactive ketones (excluding diaryl/α,β-unsaturated/α-hetero) is 2.